The first-order valence-corrected chi connectivity index (χ1v) is 7.73. The maximum atomic E-state index is 5.36. The third-order valence-corrected chi connectivity index (χ3v) is 3.53. The number of benzene rings is 2. The molecule has 2 aromatic carbocycles. The second kappa shape index (κ2) is 7.00. The quantitative estimate of drug-likeness (QED) is 0.720. The van der Waals surface area contributed by atoms with Crippen LogP contribution in [0, 0.1) is 13.8 Å². The van der Waals surface area contributed by atoms with Gasteiger partial charge >= 0.3 is 0 Å². The van der Waals surface area contributed by atoms with Crippen LogP contribution in [0.4, 0.5) is 23.1 Å². The molecular formula is C19H20N4O. The second-order valence-corrected chi connectivity index (χ2v) is 5.53. The van der Waals surface area contributed by atoms with Crippen molar-refractivity contribution < 1.29 is 4.74 Å². The van der Waals surface area contributed by atoms with E-state index in [0.29, 0.717) is 11.8 Å². The lowest BCUT2D eigenvalue weighted by atomic mass is 10.2. The maximum absolute atomic E-state index is 5.36. The molecule has 0 radical (unpaired) electrons. The lowest BCUT2D eigenvalue weighted by Crippen LogP contribution is -2.03. The molecule has 0 atom stereocenters. The third kappa shape index (κ3) is 3.81. The molecule has 0 aliphatic rings. The van der Waals surface area contributed by atoms with E-state index in [4.69, 9.17) is 4.74 Å². The van der Waals surface area contributed by atoms with Gasteiger partial charge in [-0.05, 0) is 38.1 Å². The number of hydrogen-bond acceptors (Lipinski definition) is 5. The summed E-state index contributed by atoms with van der Waals surface area (Å²) < 4.78 is 5.36. The molecule has 5 heteroatoms. The van der Waals surface area contributed by atoms with Crippen molar-refractivity contribution in [2.45, 2.75) is 13.8 Å². The maximum Gasteiger partial charge on any atom is 0.229 e. The molecule has 1 heterocycles. The van der Waals surface area contributed by atoms with E-state index in [-0.39, 0.29) is 0 Å². The van der Waals surface area contributed by atoms with Crippen LogP contribution >= 0.6 is 0 Å². The number of rotatable bonds is 5. The first kappa shape index (κ1) is 15.8. The molecule has 1 aromatic heterocycles. The number of aromatic nitrogens is 2. The largest absolute Gasteiger partial charge is 0.495 e. The van der Waals surface area contributed by atoms with Crippen molar-refractivity contribution in [1.29, 1.82) is 0 Å². The van der Waals surface area contributed by atoms with Crippen molar-refractivity contribution >= 4 is 23.1 Å². The van der Waals surface area contributed by atoms with Crippen LogP contribution < -0.4 is 15.4 Å². The second-order valence-electron chi connectivity index (χ2n) is 5.53. The molecule has 0 aliphatic carbocycles. The van der Waals surface area contributed by atoms with Gasteiger partial charge in [-0.15, -0.1) is 0 Å². The molecule has 0 saturated heterocycles. The molecule has 2 N–H and O–H groups in total. The van der Waals surface area contributed by atoms with Crippen molar-refractivity contribution in [1.82, 2.24) is 9.97 Å². The van der Waals surface area contributed by atoms with Crippen molar-refractivity contribution in [2.24, 2.45) is 0 Å². The fourth-order valence-corrected chi connectivity index (χ4v) is 2.34. The summed E-state index contributed by atoms with van der Waals surface area (Å²) in [5.74, 6) is 2.03. The SMILES string of the molecule is COc1ccccc1Nc1cc(C)nc(Nc2ccc(C)cc2)n1. The predicted molar refractivity (Wildman–Crippen MR) is 97.5 cm³/mol. The Kier molecular flexibility index (Phi) is 4.61. The number of methoxy groups -OCH3 is 1. The molecule has 24 heavy (non-hydrogen) atoms. The number of ether oxygens (including phenoxy) is 1. The van der Waals surface area contributed by atoms with Gasteiger partial charge in [-0.3, -0.25) is 0 Å². The van der Waals surface area contributed by atoms with Crippen LogP contribution in [0.1, 0.15) is 11.3 Å². The van der Waals surface area contributed by atoms with Gasteiger partial charge in [-0.25, -0.2) is 4.98 Å². The van der Waals surface area contributed by atoms with Gasteiger partial charge in [0.05, 0.1) is 12.8 Å². The smallest absolute Gasteiger partial charge is 0.229 e. The summed E-state index contributed by atoms with van der Waals surface area (Å²) in [5, 5.41) is 6.52. The average molecular weight is 320 g/mol. The summed E-state index contributed by atoms with van der Waals surface area (Å²) in [5.41, 5.74) is 3.90. The molecule has 3 aromatic rings. The summed E-state index contributed by atoms with van der Waals surface area (Å²) in [6, 6.07) is 17.7. The Morgan fingerprint density at radius 2 is 1.62 bits per heavy atom. The highest BCUT2D eigenvalue weighted by Gasteiger charge is 2.06. The Morgan fingerprint density at radius 3 is 2.38 bits per heavy atom. The van der Waals surface area contributed by atoms with Crippen LogP contribution in [0.15, 0.2) is 54.6 Å². The van der Waals surface area contributed by atoms with Gasteiger partial charge in [0.1, 0.15) is 11.6 Å². The molecule has 0 saturated carbocycles. The van der Waals surface area contributed by atoms with Crippen LogP contribution in [-0.2, 0) is 0 Å². The van der Waals surface area contributed by atoms with Gasteiger partial charge in [0.15, 0.2) is 0 Å². The number of anilines is 4. The Hall–Kier alpha value is -3.08. The van der Waals surface area contributed by atoms with Gasteiger partial charge < -0.3 is 15.4 Å². The number of hydrogen-bond donors (Lipinski definition) is 2. The third-order valence-electron chi connectivity index (χ3n) is 3.53. The highest BCUT2D eigenvalue weighted by atomic mass is 16.5. The van der Waals surface area contributed by atoms with Crippen LogP contribution in [0.5, 0.6) is 5.75 Å². The van der Waals surface area contributed by atoms with Gasteiger partial charge in [0.2, 0.25) is 5.95 Å². The van der Waals surface area contributed by atoms with Crippen LogP contribution in [0.25, 0.3) is 0 Å². The molecule has 0 fully saturated rings. The highest BCUT2D eigenvalue weighted by molar-refractivity contribution is 5.65. The summed E-state index contributed by atoms with van der Waals surface area (Å²) in [6.07, 6.45) is 0. The summed E-state index contributed by atoms with van der Waals surface area (Å²) in [4.78, 5) is 8.98. The topological polar surface area (TPSA) is 59.1 Å². The summed E-state index contributed by atoms with van der Waals surface area (Å²) >= 11 is 0. The Morgan fingerprint density at radius 1 is 0.875 bits per heavy atom. The Balaban J connectivity index is 1.84. The monoisotopic (exact) mass is 320 g/mol. The van der Waals surface area contributed by atoms with E-state index in [1.807, 2.05) is 61.5 Å². The number of para-hydroxylation sites is 2. The van der Waals surface area contributed by atoms with Gasteiger partial charge in [-0.1, -0.05) is 29.8 Å². The van der Waals surface area contributed by atoms with E-state index in [1.54, 1.807) is 7.11 Å². The number of aryl methyl sites for hydroxylation is 2. The highest BCUT2D eigenvalue weighted by Crippen LogP contribution is 2.27. The van der Waals surface area contributed by atoms with Gasteiger partial charge in [0, 0.05) is 17.4 Å². The predicted octanol–water partition coefficient (Wildman–Crippen LogP) is 4.59. The summed E-state index contributed by atoms with van der Waals surface area (Å²) in [6.45, 7) is 4.00. The molecule has 3 rings (SSSR count). The lowest BCUT2D eigenvalue weighted by Gasteiger charge is -2.12. The fraction of sp³-hybridized carbons (Fsp3) is 0.158. The van der Waals surface area contributed by atoms with E-state index in [1.165, 1.54) is 5.56 Å². The minimum absolute atomic E-state index is 0.552. The molecule has 0 bridgehead atoms. The first-order valence-electron chi connectivity index (χ1n) is 7.73. The zero-order valence-corrected chi connectivity index (χ0v) is 14.0. The zero-order chi connectivity index (χ0) is 16.9. The van der Waals surface area contributed by atoms with Gasteiger partial charge in [0.25, 0.3) is 0 Å². The minimum Gasteiger partial charge on any atom is -0.495 e. The lowest BCUT2D eigenvalue weighted by molar-refractivity contribution is 0.417. The first-order chi connectivity index (χ1) is 11.6. The molecule has 5 nitrogen and oxygen atoms in total. The number of nitrogens with one attached hydrogen (secondary N) is 2. The zero-order valence-electron chi connectivity index (χ0n) is 14.0. The van der Waals surface area contributed by atoms with E-state index >= 15 is 0 Å². The van der Waals surface area contributed by atoms with Crippen LogP contribution in [-0.4, -0.2) is 17.1 Å². The van der Waals surface area contributed by atoms with Crippen molar-refractivity contribution in [3.63, 3.8) is 0 Å². The molecule has 0 amide bonds. The molecule has 0 unspecified atom stereocenters. The van der Waals surface area contributed by atoms with Crippen molar-refractivity contribution in [2.75, 3.05) is 17.7 Å². The Labute approximate surface area is 141 Å². The molecule has 122 valence electrons. The Bertz CT molecular complexity index is 831. The fourth-order valence-electron chi connectivity index (χ4n) is 2.34. The molecule has 0 spiro atoms. The van der Waals surface area contributed by atoms with E-state index < -0.39 is 0 Å². The standard InChI is InChI=1S/C19H20N4O/c1-13-8-10-15(11-9-13)21-19-20-14(2)12-18(23-19)22-16-6-4-5-7-17(16)24-3/h4-12H,1-3H3,(H2,20,21,22,23). The minimum atomic E-state index is 0.552. The molecule has 0 aliphatic heterocycles. The van der Waals surface area contributed by atoms with E-state index in [0.717, 1.165) is 22.8 Å². The van der Waals surface area contributed by atoms with Crippen molar-refractivity contribution in [3.8, 4) is 5.75 Å². The number of nitrogens with zero attached hydrogens (tertiary/aromatic N) is 2. The van der Waals surface area contributed by atoms with Crippen LogP contribution in [0.3, 0.4) is 0 Å². The van der Waals surface area contributed by atoms with E-state index in [9.17, 15) is 0 Å². The van der Waals surface area contributed by atoms with Crippen molar-refractivity contribution in [3.05, 3.63) is 65.9 Å². The van der Waals surface area contributed by atoms with E-state index in [2.05, 4.69) is 27.5 Å². The average Bonchev–Trinajstić information content (AvgIpc) is 2.57. The van der Waals surface area contributed by atoms with Gasteiger partial charge in [-0.2, -0.15) is 4.98 Å². The normalized spacial score (nSPS) is 10.3. The molecular weight excluding hydrogens is 300 g/mol. The van der Waals surface area contributed by atoms with Crippen LogP contribution in [0.2, 0.25) is 0 Å². The summed E-state index contributed by atoms with van der Waals surface area (Å²) in [7, 11) is 1.65.